The van der Waals surface area contributed by atoms with Crippen LogP contribution in [-0.4, -0.2) is 36.1 Å². The molecule has 0 radical (unpaired) electrons. The Morgan fingerprint density at radius 2 is 1.83 bits per heavy atom. The molecule has 0 saturated carbocycles. The van der Waals surface area contributed by atoms with Gasteiger partial charge < -0.3 is 10.2 Å². The Morgan fingerprint density at radius 1 is 1.11 bits per heavy atom. The second-order valence-electron chi connectivity index (χ2n) is 3.91. The van der Waals surface area contributed by atoms with E-state index in [1.54, 1.807) is 7.05 Å². The van der Waals surface area contributed by atoms with Gasteiger partial charge in [-0.25, -0.2) is 0 Å². The van der Waals surface area contributed by atoms with Crippen molar-refractivity contribution in [1.82, 2.24) is 15.0 Å². The molecule has 94 valence electrons. The minimum absolute atomic E-state index is 0.555. The first kappa shape index (κ1) is 12.8. The second-order valence-corrected chi connectivity index (χ2v) is 4.76. The van der Waals surface area contributed by atoms with E-state index in [-0.39, 0.29) is 0 Å². The monoisotopic (exact) mass is 307 g/mol. The van der Waals surface area contributed by atoms with Crippen LogP contribution in [0.4, 0.5) is 11.9 Å². The average Bonchev–Trinajstić information content (AvgIpc) is 2.38. The molecule has 5 nitrogen and oxygen atoms in total. The van der Waals surface area contributed by atoms with E-state index in [2.05, 4.69) is 36.2 Å². The van der Waals surface area contributed by atoms with Crippen molar-refractivity contribution in [1.29, 1.82) is 0 Å². The summed E-state index contributed by atoms with van der Waals surface area (Å²) >= 11 is 3.51. The molecule has 0 unspecified atom stereocenters. The summed E-state index contributed by atoms with van der Waals surface area (Å²) in [5.74, 6) is 1.82. The van der Waals surface area contributed by atoms with Gasteiger partial charge in [0.15, 0.2) is 5.82 Å². The van der Waals surface area contributed by atoms with Crippen molar-refractivity contribution in [2.75, 3.05) is 31.4 Å². The highest BCUT2D eigenvalue weighted by atomic mass is 79.9. The minimum atomic E-state index is 0.555. The van der Waals surface area contributed by atoms with Gasteiger partial charge in [0, 0.05) is 31.2 Å². The van der Waals surface area contributed by atoms with Gasteiger partial charge in [-0.1, -0.05) is 34.1 Å². The first-order valence-electron chi connectivity index (χ1n) is 5.48. The maximum absolute atomic E-state index is 4.45. The third-order valence-electron chi connectivity index (χ3n) is 2.36. The molecule has 2 aromatic rings. The van der Waals surface area contributed by atoms with Crippen molar-refractivity contribution in [2.24, 2.45) is 0 Å². The molecule has 1 N–H and O–H groups in total. The first-order valence-corrected chi connectivity index (χ1v) is 6.27. The van der Waals surface area contributed by atoms with E-state index in [1.165, 1.54) is 0 Å². The number of benzene rings is 1. The number of aromatic nitrogens is 3. The maximum Gasteiger partial charge on any atom is 0.230 e. The van der Waals surface area contributed by atoms with E-state index in [0.29, 0.717) is 17.7 Å². The predicted octanol–water partition coefficient (Wildman–Crippen LogP) is 2.41. The molecule has 0 aliphatic rings. The standard InChI is InChI=1S/C12H14BrN5/c1-14-11-15-10(16-12(17-11)18(2)3)8-6-4-5-7-9(8)13/h4-7H,1-3H3,(H,14,15,16,17). The summed E-state index contributed by atoms with van der Waals surface area (Å²) in [6, 6.07) is 7.85. The molecular formula is C12H14BrN5. The summed E-state index contributed by atoms with van der Waals surface area (Å²) in [7, 11) is 5.59. The van der Waals surface area contributed by atoms with Crippen LogP contribution in [0.2, 0.25) is 0 Å². The fourth-order valence-corrected chi connectivity index (χ4v) is 1.90. The zero-order chi connectivity index (χ0) is 13.1. The zero-order valence-corrected chi connectivity index (χ0v) is 12.1. The van der Waals surface area contributed by atoms with Gasteiger partial charge in [0.25, 0.3) is 0 Å². The quantitative estimate of drug-likeness (QED) is 0.943. The van der Waals surface area contributed by atoms with Crippen molar-refractivity contribution >= 4 is 27.8 Å². The van der Waals surface area contributed by atoms with Crippen LogP contribution in [0.15, 0.2) is 28.7 Å². The molecule has 0 bridgehead atoms. The molecule has 0 amide bonds. The predicted molar refractivity (Wildman–Crippen MR) is 76.8 cm³/mol. The minimum Gasteiger partial charge on any atom is -0.357 e. The van der Waals surface area contributed by atoms with Crippen LogP contribution in [0.5, 0.6) is 0 Å². The molecule has 1 heterocycles. The molecule has 2 rings (SSSR count). The SMILES string of the molecule is CNc1nc(-c2ccccc2Br)nc(N(C)C)n1. The Balaban J connectivity index is 2.57. The highest BCUT2D eigenvalue weighted by Gasteiger charge is 2.11. The van der Waals surface area contributed by atoms with Gasteiger partial charge in [-0.3, -0.25) is 0 Å². The molecule has 0 spiro atoms. The molecule has 6 heteroatoms. The van der Waals surface area contributed by atoms with Crippen molar-refractivity contribution in [3.05, 3.63) is 28.7 Å². The molecule has 0 aliphatic carbocycles. The van der Waals surface area contributed by atoms with E-state index in [4.69, 9.17) is 0 Å². The fourth-order valence-electron chi connectivity index (χ4n) is 1.44. The van der Waals surface area contributed by atoms with Crippen molar-refractivity contribution in [3.63, 3.8) is 0 Å². The van der Waals surface area contributed by atoms with Gasteiger partial charge >= 0.3 is 0 Å². The van der Waals surface area contributed by atoms with Crippen LogP contribution in [-0.2, 0) is 0 Å². The van der Waals surface area contributed by atoms with Crippen molar-refractivity contribution in [3.8, 4) is 11.4 Å². The third kappa shape index (κ3) is 2.59. The van der Waals surface area contributed by atoms with Crippen LogP contribution in [0.1, 0.15) is 0 Å². The van der Waals surface area contributed by atoms with Gasteiger partial charge in [-0.2, -0.15) is 15.0 Å². The largest absolute Gasteiger partial charge is 0.357 e. The van der Waals surface area contributed by atoms with Crippen LogP contribution in [0, 0.1) is 0 Å². The van der Waals surface area contributed by atoms with Crippen molar-refractivity contribution in [2.45, 2.75) is 0 Å². The lowest BCUT2D eigenvalue weighted by atomic mass is 10.2. The van der Waals surface area contributed by atoms with Crippen molar-refractivity contribution < 1.29 is 0 Å². The Hall–Kier alpha value is -1.69. The van der Waals surface area contributed by atoms with Gasteiger partial charge in [-0.05, 0) is 6.07 Å². The smallest absolute Gasteiger partial charge is 0.230 e. The lowest BCUT2D eigenvalue weighted by molar-refractivity contribution is 0.963. The lowest BCUT2D eigenvalue weighted by Gasteiger charge is -2.13. The van der Waals surface area contributed by atoms with E-state index < -0.39 is 0 Å². The number of halogens is 1. The molecule has 1 aromatic heterocycles. The number of hydrogen-bond donors (Lipinski definition) is 1. The highest BCUT2D eigenvalue weighted by molar-refractivity contribution is 9.10. The average molecular weight is 308 g/mol. The molecule has 1 aromatic carbocycles. The zero-order valence-electron chi connectivity index (χ0n) is 10.5. The molecular weight excluding hydrogens is 294 g/mol. The summed E-state index contributed by atoms with van der Waals surface area (Å²) in [5.41, 5.74) is 0.944. The van der Waals surface area contributed by atoms with Crippen LogP contribution in [0.3, 0.4) is 0 Å². The van der Waals surface area contributed by atoms with E-state index in [0.717, 1.165) is 10.0 Å². The normalized spacial score (nSPS) is 10.2. The fraction of sp³-hybridized carbons (Fsp3) is 0.250. The van der Waals surface area contributed by atoms with E-state index in [1.807, 2.05) is 43.3 Å². The Kier molecular flexibility index (Phi) is 3.76. The number of nitrogens with one attached hydrogen (secondary N) is 1. The van der Waals surface area contributed by atoms with Gasteiger partial charge in [-0.15, -0.1) is 0 Å². The number of anilines is 2. The third-order valence-corrected chi connectivity index (χ3v) is 3.05. The second kappa shape index (κ2) is 5.30. The topological polar surface area (TPSA) is 53.9 Å². The van der Waals surface area contributed by atoms with Gasteiger partial charge in [0.2, 0.25) is 11.9 Å². The summed E-state index contributed by atoms with van der Waals surface area (Å²) in [6.07, 6.45) is 0. The number of rotatable bonds is 3. The van der Waals surface area contributed by atoms with Gasteiger partial charge in [0.1, 0.15) is 0 Å². The van der Waals surface area contributed by atoms with Gasteiger partial charge in [0.05, 0.1) is 0 Å². The van der Waals surface area contributed by atoms with Crippen LogP contribution < -0.4 is 10.2 Å². The van der Waals surface area contributed by atoms with Crippen LogP contribution >= 0.6 is 15.9 Å². The molecule has 18 heavy (non-hydrogen) atoms. The summed E-state index contributed by atoms with van der Waals surface area (Å²) in [5, 5.41) is 2.95. The number of hydrogen-bond acceptors (Lipinski definition) is 5. The summed E-state index contributed by atoms with van der Waals surface area (Å²) < 4.78 is 0.961. The Morgan fingerprint density at radius 3 is 2.44 bits per heavy atom. The van der Waals surface area contributed by atoms with E-state index >= 15 is 0 Å². The highest BCUT2D eigenvalue weighted by Crippen LogP contribution is 2.26. The summed E-state index contributed by atoms with van der Waals surface area (Å²) in [6.45, 7) is 0. The molecule has 0 saturated heterocycles. The van der Waals surface area contributed by atoms with E-state index in [9.17, 15) is 0 Å². The molecule has 0 fully saturated rings. The lowest BCUT2D eigenvalue weighted by Crippen LogP contribution is -2.15. The summed E-state index contributed by atoms with van der Waals surface area (Å²) in [4.78, 5) is 15.0. The molecule has 0 aliphatic heterocycles. The maximum atomic E-state index is 4.45. The molecule has 0 atom stereocenters. The Labute approximate surface area is 114 Å². The number of nitrogens with zero attached hydrogens (tertiary/aromatic N) is 4. The van der Waals surface area contributed by atoms with Crippen LogP contribution in [0.25, 0.3) is 11.4 Å². The Bertz CT molecular complexity index is 556. The first-order chi connectivity index (χ1) is 8.61.